The summed E-state index contributed by atoms with van der Waals surface area (Å²) < 4.78 is 6.81. The van der Waals surface area contributed by atoms with Gasteiger partial charge >= 0.3 is 5.97 Å². The van der Waals surface area contributed by atoms with E-state index in [1.165, 1.54) is 4.57 Å². The zero-order valence-corrected chi connectivity index (χ0v) is 16.3. The number of unbranched alkanes of at least 4 members (excludes halogenated alkanes) is 1. The van der Waals surface area contributed by atoms with Crippen molar-refractivity contribution in [1.29, 1.82) is 0 Å². The van der Waals surface area contributed by atoms with Gasteiger partial charge in [-0.25, -0.2) is 9.78 Å². The van der Waals surface area contributed by atoms with Crippen molar-refractivity contribution in [3.8, 4) is 0 Å². The second-order valence-electron chi connectivity index (χ2n) is 6.82. The number of halogens is 1. The first kappa shape index (κ1) is 19.4. The topological polar surface area (TPSA) is 73.2 Å². The van der Waals surface area contributed by atoms with Crippen LogP contribution in [0.2, 0.25) is 5.15 Å². The molecule has 0 radical (unpaired) electrons. The van der Waals surface area contributed by atoms with E-state index < -0.39 is 6.04 Å². The zero-order chi connectivity index (χ0) is 19.4. The Morgan fingerprint density at radius 1 is 1.37 bits per heavy atom. The van der Waals surface area contributed by atoms with Crippen LogP contribution in [0.15, 0.2) is 35.1 Å². The van der Waals surface area contributed by atoms with Gasteiger partial charge in [0.1, 0.15) is 6.04 Å². The summed E-state index contributed by atoms with van der Waals surface area (Å²) in [6.45, 7) is 4.78. The molecule has 0 unspecified atom stereocenters. The first-order valence-electron chi connectivity index (χ1n) is 9.29. The van der Waals surface area contributed by atoms with Crippen LogP contribution in [0.4, 0.5) is 5.82 Å². The Labute approximate surface area is 163 Å². The van der Waals surface area contributed by atoms with Gasteiger partial charge in [0.15, 0.2) is 11.0 Å². The maximum atomic E-state index is 13.0. The van der Waals surface area contributed by atoms with Crippen LogP contribution in [-0.2, 0) is 16.1 Å². The second kappa shape index (κ2) is 8.57. The van der Waals surface area contributed by atoms with Crippen LogP contribution in [0, 0.1) is 0 Å². The summed E-state index contributed by atoms with van der Waals surface area (Å²) in [4.78, 5) is 29.8. The molecule has 1 aromatic carbocycles. The first-order chi connectivity index (χ1) is 13.0. The number of fused-ring (bicyclic) bond motifs is 1. The number of ether oxygens (including phenoxy) is 1. The normalized spacial score (nSPS) is 18.2. The van der Waals surface area contributed by atoms with E-state index in [1.807, 2.05) is 44.2 Å². The van der Waals surface area contributed by atoms with E-state index >= 15 is 0 Å². The summed E-state index contributed by atoms with van der Waals surface area (Å²) in [5.74, 6) is -0.273. The average molecular weight is 390 g/mol. The molecule has 3 rings (SSSR count). The standard InChI is InChI=1S/C20H24ClN3O3/c1-3-4-10-27-20(26)15-11-13(2)16-17(21)23-18(19(25)24(15)16)22-12-14-8-6-5-7-9-14/h5-9,13,15H,3-4,10-12H2,1-2H3,(H,22,23)/t13-,15-/m0/s1. The maximum Gasteiger partial charge on any atom is 0.329 e. The summed E-state index contributed by atoms with van der Waals surface area (Å²) in [5, 5.41) is 3.30. The molecule has 2 atom stereocenters. The fraction of sp³-hybridized carbons (Fsp3) is 0.450. The number of nitrogens with zero attached hydrogens (tertiary/aromatic N) is 2. The summed E-state index contributed by atoms with van der Waals surface area (Å²) in [7, 11) is 0. The number of esters is 1. The Balaban J connectivity index is 1.87. The third-order valence-electron chi connectivity index (χ3n) is 4.77. The van der Waals surface area contributed by atoms with Crippen molar-refractivity contribution in [3.63, 3.8) is 0 Å². The molecule has 0 saturated heterocycles. The van der Waals surface area contributed by atoms with Crippen LogP contribution in [0.3, 0.4) is 0 Å². The van der Waals surface area contributed by atoms with Gasteiger partial charge in [-0.2, -0.15) is 0 Å². The summed E-state index contributed by atoms with van der Waals surface area (Å²) >= 11 is 6.36. The van der Waals surface area contributed by atoms with Crippen molar-refractivity contribution in [2.75, 3.05) is 11.9 Å². The minimum Gasteiger partial charge on any atom is -0.464 e. The number of carbonyl (C=O) groups excluding carboxylic acids is 1. The van der Waals surface area contributed by atoms with Crippen LogP contribution < -0.4 is 10.9 Å². The molecule has 0 saturated carbocycles. The fourth-order valence-electron chi connectivity index (χ4n) is 3.34. The average Bonchev–Trinajstić information content (AvgIpc) is 3.02. The van der Waals surface area contributed by atoms with E-state index in [4.69, 9.17) is 16.3 Å². The van der Waals surface area contributed by atoms with Crippen LogP contribution in [0.5, 0.6) is 0 Å². The molecule has 2 heterocycles. The Kier molecular flexibility index (Phi) is 6.16. The molecule has 2 aromatic rings. The Morgan fingerprint density at radius 3 is 2.81 bits per heavy atom. The van der Waals surface area contributed by atoms with E-state index in [0.29, 0.717) is 25.3 Å². The molecule has 0 fully saturated rings. The van der Waals surface area contributed by atoms with E-state index in [-0.39, 0.29) is 28.4 Å². The molecule has 1 N–H and O–H groups in total. The molecule has 144 valence electrons. The molecule has 1 aliphatic heterocycles. The van der Waals surface area contributed by atoms with Gasteiger partial charge in [0.2, 0.25) is 0 Å². The highest BCUT2D eigenvalue weighted by Crippen LogP contribution is 2.38. The molecule has 6 nitrogen and oxygen atoms in total. The largest absolute Gasteiger partial charge is 0.464 e. The van der Waals surface area contributed by atoms with Crippen LogP contribution in [-0.4, -0.2) is 22.1 Å². The zero-order valence-electron chi connectivity index (χ0n) is 15.6. The Bertz CT molecular complexity index is 867. The Hall–Kier alpha value is -2.34. The minimum atomic E-state index is -0.655. The minimum absolute atomic E-state index is 0.0374. The van der Waals surface area contributed by atoms with Gasteiger partial charge in [-0.3, -0.25) is 9.36 Å². The first-order valence-corrected chi connectivity index (χ1v) is 9.67. The molecule has 1 aliphatic rings. The number of aromatic nitrogens is 2. The monoisotopic (exact) mass is 389 g/mol. The molecule has 1 aromatic heterocycles. The molecule has 0 amide bonds. The van der Waals surface area contributed by atoms with Crippen molar-refractivity contribution in [3.05, 3.63) is 57.1 Å². The number of hydrogen-bond acceptors (Lipinski definition) is 5. The third-order valence-corrected chi connectivity index (χ3v) is 5.05. The van der Waals surface area contributed by atoms with Crippen LogP contribution in [0.25, 0.3) is 0 Å². The number of rotatable bonds is 7. The van der Waals surface area contributed by atoms with E-state index in [0.717, 1.165) is 18.4 Å². The molecule has 0 bridgehead atoms. The lowest BCUT2D eigenvalue weighted by atomic mass is 10.1. The van der Waals surface area contributed by atoms with Crippen molar-refractivity contribution < 1.29 is 9.53 Å². The highest BCUT2D eigenvalue weighted by molar-refractivity contribution is 6.30. The van der Waals surface area contributed by atoms with Gasteiger partial charge in [0.05, 0.1) is 12.3 Å². The number of hydrogen-bond donors (Lipinski definition) is 1. The molecule has 0 spiro atoms. The van der Waals surface area contributed by atoms with Crippen molar-refractivity contribution in [2.45, 2.75) is 51.6 Å². The van der Waals surface area contributed by atoms with E-state index in [1.54, 1.807) is 0 Å². The molecule has 7 heteroatoms. The number of anilines is 1. The summed E-state index contributed by atoms with van der Waals surface area (Å²) in [5.41, 5.74) is 1.28. The smallest absolute Gasteiger partial charge is 0.329 e. The third kappa shape index (κ3) is 4.16. The fourth-order valence-corrected chi connectivity index (χ4v) is 3.70. The maximum absolute atomic E-state index is 13.0. The predicted molar refractivity (Wildman–Crippen MR) is 105 cm³/mol. The lowest BCUT2D eigenvalue weighted by Crippen LogP contribution is -2.31. The van der Waals surface area contributed by atoms with Gasteiger partial charge in [0.25, 0.3) is 5.56 Å². The second-order valence-corrected chi connectivity index (χ2v) is 7.18. The number of benzene rings is 1. The predicted octanol–water partition coefficient (Wildman–Crippen LogP) is 3.90. The van der Waals surface area contributed by atoms with Gasteiger partial charge in [0, 0.05) is 12.5 Å². The number of nitrogens with one attached hydrogen (secondary N) is 1. The van der Waals surface area contributed by atoms with Gasteiger partial charge < -0.3 is 10.1 Å². The molecular weight excluding hydrogens is 366 g/mol. The van der Waals surface area contributed by atoms with Crippen LogP contribution >= 0.6 is 11.6 Å². The van der Waals surface area contributed by atoms with E-state index in [2.05, 4.69) is 10.3 Å². The van der Waals surface area contributed by atoms with Crippen molar-refractivity contribution in [1.82, 2.24) is 9.55 Å². The summed E-state index contributed by atoms with van der Waals surface area (Å²) in [6, 6.07) is 9.04. The molecule has 0 aliphatic carbocycles. The van der Waals surface area contributed by atoms with E-state index in [9.17, 15) is 9.59 Å². The molecular formula is C20H24ClN3O3. The molecule has 27 heavy (non-hydrogen) atoms. The summed E-state index contributed by atoms with van der Waals surface area (Å²) in [6.07, 6.45) is 2.23. The van der Waals surface area contributed by atoms with Gasteiger partial charge in [-0.05, 0) is 18.4 Å². The SMILES string of the molecule is CCCCOC(=O)[C@@H]1C[C@H](C)c2c(Cl)nc(NCc3ccccc3)c(=O)n21. The number of carbonyl (C=O) groups is 1. The lowest BCUT2D eigenvalue weighted by Gasteiger charge is -2.16. The highest BCUT2D eigenvalue weighted by Gasteiger charge is 2.38. The highest BCUT2D eigenvalue weighted by atomic mass is 35.5. The Morgan fingerprint density at radius 2 is 2.11 bits per heavy atom. The quantitative estimate of drug-likeness (QED) is 0.574. The van der Waals surface area contributed by atoms with Gasteiger partial charge in [-0.15, -0.1) is 0 Å². The van der Waals surface area contributed by atoms with Crippen molar-refractivity contribution >= 4 is 23.4 Å². The van der Waals surface area contributed by atoms with Gasteiger partial charge in [-0.1, -0.05) is 62.2 Å². The van der Waals surface area contributed by atoms with Crippen LogP contribution in [0.1, 0.15) is 56.3 Å². The lowest BCUT2D eigenvalue weighted by molar-refractivity contribution is -0.147. The van der Waals surface area contributed by atoms with Crippen molar-refractivity contribution in [2.24, 2.45) is 0 Å².